The number of carbonyl (C=O) groups is 2. The molecule has 0 unspecified atom stereocenters. The van der Waals surface area contributed by atoms with Crippen LogP contribution >= 0.6 is 0 Å². The summed E-state index contributed by atoms with van der Waals surface area (Å²) in [6, 6.07) is 11.2. The van der Waals surface area contributed by atoms with Gasteiger partial charge in [0, 0.05) is 17.8 Å². The lowest BCUT2D eigenvalue weighted by Crippen LogP contribution is -2.34. The quantitative estimate of drug-likeness (QED) is 0.701. The lowest BCUT2D eigenvalue weighted by molar-refractivity contribution is -0.116. The van der Waals surface area contributed by atoms with Gasteiger partial charge in [0.1, 0.15) is 29.6 Å². The van der Waals surface area contributed by atoms with Gasteiger partial charge in [-0.3, -0.25) is 19.0 Å². The SMILES string of the molecule is NC(=O)c1cnc(-c2ccccc2)n(CC(=O)Nc2ccc(F)cc2F)c1=O. The average molecular weight is 384 g/mol. The molecule has 0 bridgehead atoms. The van der Waals surface area contributed by atoms with E-state index in [0.717, 1.165) is 22.9 Å². The summed E-state index contributed by atoms with van der Waals surface area (Å²) in [7, 11) is 0. The first-order chi connectivity index (χ1) is 13.4. The maximum atomic E-state index is 13.7. The molecule has 0 aliphatic heterocycles. The highest BCUT2D eigenvalue weighted by molar-refractivity contribution is 5.93. The van der Waals surface area contributed by atoms with E-state index in [9.17, 15) is 23.2 Å². The molecule has 2 amide bonds. The normalized spacial score (nSPS) is 10.5. The van der Waals surface area contributed by atoms with Crippen molar-refractivity contribution in [1.82, 2.24) is 9.55 Å². The van der Waals surface area contributed by atoms with Crippen LogP contribution in [0, 0.1) is 11.6 Å². The Balaban J connectivity index is 1.99. The minimum atomic E-state index is -0.990. The molecule has 7 nitrogen and oxygen atoms in total. The van der Waals surface area contributed by atoms with E-state index in [0.29, 0.717) is 11.6 Å². The summed E-state index contributed by atoms with van der Waals surface area (Å²) >= 11 is 0. The fourth-order valence-electron chi connectivity index (χ4n) is 2.55. The number of primary amides is 1. The van der Waals surface area contributed by atoms with Crippen LogP contribution in [0.5, 0.6) is 0 Å². The van der Waals surface area contributed by atoms with Crippen molar-refractivity contribution >= 4 is 17.5 Å². The van der Waals surface area contributed by atoms with Gasteiger partial charge in [-0.15, -0.1) is 0 Å². The van der Waals surface area contributed by atoms with Crippen LogP contribution in [-0.2, 0) is 11.3 Å². The second-order valence-electron chi connectivity index (χ2n) is 5.79. The van der Waals surface area contributed by atoms with E-state index in [2.05, 4.69) is 10.3 Å². The molecule has 3 aromatic rings. The van der Waals surface area contributed by atoms with Crippen molar-refractivity contribution in [3.8, 4) is 11.4 Å². The molecule has 3 N–H and O–H groups in total. The predicted octanol–water partition coefficient (Wildman–Crippen LogP) is 1.93. The van der Waals surface area contributed by atoms with Gasteiger partial charge >= 0.3 is 0 Å². The Morgan fingerprint density at radius 3 is 2.46 bits per heavy atom. The number of nitrogens with zero attached hydrogens (tertiary/aromatic N) is 2. The molecule has 1 heterocycles. The van der Waals surface area contributed by atoms with Crippen molar-refractivity contribution in [1.29, 1.82) is 0 Å². The van der Waals surface area contributed by atoms with Crippen molar-refractivity contribution in [3.63, 3.8) is 0 Å². The van der Waals surface area contributed by atoms with Gasteiger partial charge in [-0.1, -0.05) is 30.3 Å². The van der Waals surface area contributed by atoms with Crippen LogP contribution in [0.15, 0.2) is 59.5 Å². The summed E-state index contributed by atoms with van der Waals surface area (Å²) in [6.45, 7) is -0.562. The standard InChI is InChI=1S/C19H14F2N4O3/c20-12-6-7-15(14(21)8-12)24-16(26)10-25-18(11-4-2-1-3-5-11)23-9-13(17(22)27)19(25)28/h1-9H,10H2,(H2,22,27)(H,24,26). The lowest BCUT2D eigenvalue weighted by atomic mass is 10.2. The molecular formula is C19H14F2N4O3. The number of anilines is 1. The van der Waals surface area contributed by atoms with E-state index >= 15 is 0 Å². The Labute approximate surface area is 157 Å². The number of hydrogen-bond acceptors (Lipinski definition) is 4. The largest absolute Gasteiger partial charge is 0.365 e. The summed E-state index contributed by atoms with van der Waals surface area (Å²) in [6.07, 6.45) is 1.04. The number of nitrogens with one attached hydrogen (secondary N) is 1. The highest BCUT2D eigenvalue weighted by atomic mass is 19.1. The van der Waals surface area contributed by atoms with Crippen molar-refractivity contribution in [2.24, 2.45) is 5.73 Å². The molecule has 0 aliphatic rings. The molecule has 28 heavy (non-hydrogen) atoms. The molecule has 2 aromatic carbocycles. The molecule has 0 aliphatic carbocycles. The van der Waals surface area contributed by atoms with Gasteiger partial charge in [0.05, 0.1) is 5.69 Å². The third-order valence-corrected chi connectivity index (χ3v) is 3.85. The third kappa shape index (κ3) is 3.93. The van der Waals surface area contributed by atoms with Crippen LogP contribution in [0.3, 0.4) is 0 Å². The molecule has 142 valence electrons. The predicted molar refractivity (Wildman–Crippen MR) is 97.4 cm³/mol. The van der Waals surface area contributed by atoms with E-state index in [1.807, 2.05) is 0 Å². The van der Waals surface area contributed by atoms with E-state index in [-0.39, 0.29) is 17.1 Å². The monoisotopic (exact) mass is 384 g/mol. The molecule has 9 heteroatoms. The minimum Gasteiger partial charge on any atom is -0.365 e. The summed E-state index contributed by atoms with van der Waals surface area (Å²) in [5.41, 5.74) is 4.26. The number of carbonyl (C=O) groups excluding carboxylic acids is 2. The molecule has 0 spiro atoms. The van der Waals surface area contributed by atoms with E-state index in [4.69, 9.17) is 5.73 Å². The van der Waals surface area contributed by atoms with Gasteiger partial charge in [-0.25, -0.2) is 13.8 Å². The lowest BCUT2D eigenvalue weighted by Gasteiger charge is -2.13. The second-order valence-corrected chi connectivity index (χ2v) is 5.79. The molecule has 0 radical (unpaired) electrons. The molecule has 0 fully saturated rings. The number of halogens is 2. The minimum absolute atomic E-state index is 0.130. The number of benzene rings is 2. The van der Waals surface area contributed by atoms with E-state index in [1.165, 1.54) is 0 Å². The average Bonchev–Trinajstić information content (AvgIpc) is 2.66. The zero-order valence-electron chi connectivity index (χ0n) is 14.4. The fraction of sp³-hybridized carbons (Fsp3) is 0.0526. The van der Waals surface area contributed by atoms with Gasteiger partial charge in [0.25, 0.3) is 11.5 Å². The molecule has 0 saturated carbocycles. The molecule has 0 atom stereocenters. The van der Waals surface area contributed by atoms with E-state index in [1.54, 1.807) is 30.3 Å². The highest BCUT2D eigenvalue weighted by Crippen LogP contribution is 2.17. The zero-order chi connectivity index (χ0) is 20.3. The molecule has 3 rings (SSSR count). The maximum absolute atomic E-state index is 13.7. The second kappa shape index (κ2) is 7.78. The Bertz CT molecular complexity index is 1110. The summed E-state index contributed by atoms with van der Waals surface area (Å²) in [5.74, 6) is -3.39. The summed E-state index contributed by atoms with van der Waals surface area (Å²) in [5, 5.41) is 2.26. The zero-order valence-corrected chi connectivity index (χ0v) is 14.4. The van der Waals surface area contributed by atoms with Crippen molar-refractivity contribution < 1.29 is 18.4 Å². The third-order valence-electron chi connectivity index (χ3n) is 3.85. The van der Waals surface area contributed by atoms with E-state index < -0.39 is 35.6 Å². The number of rotatable bonds is 5. The Hall–Kier alpha value is -3.88. The van der Waals surface area contributed by atoms with Crippen LogP contribution in [0.2, 0.25) is 0 Å². The first kappa shape index (κ1) is 18.9. The number of hydrogen-bond donors (Lipinski definition) is 2. The molecule has 1 aromatic heterocycles. The van der Waals surface area contributed by atoms with Crippen molar-refractivity contribution in [2.75, 3.05) is 5.32 Å². The van der Waals surface area contributed by atoms with Gasteiger partial charge in [-0.05, 0) is 12.1 Å². The first-order valence-corrected chi connectivity index (χ1v) is 8.07. The Kier molecular flexibility index (Phi) is 5.25. The highest BCUT2D eigenvalue weighted by Gasteiger charge is 2.18. The Morgan fingerprint density at radius 2 is 1.82 bits per heavy atom. The van der Waals surface area contributed by atoms with Gasteiger partial charge in [-0.2, -0.15) is 0 Å². The summed E-state index contributed by atoms with van der Waals surface area (Å²) in [4.78, 5) is 40.5. The maximum Gasteiger partial charge on any atom is 0.267 e. The number of aromatic nitrogens is 2. The fourth-order valence-corrected chi connectivity index (χ4v) is 2.55. The molecular weight excluding hydrogens is 370 g/mol. The van der Waals surface area contributed by atoms with Crippen LogP contribution in [0.25, 0.3) is 11.4 Å². The number of amides is 2. The summed E-state index contributed by atoms with van der Waals surface area (Å²) < 4.78 is 27.7. The van der Waals surface area contributed by atoms with Crippen molar-refractivity contribution in [3.05, 3.63) is 82.3 Å². The first-order valence-electron chi connectivity index (χ1n) is 8.07. The van der Waals surface area contributed by atoms with Crippen LogP contribution in [-0.4, -0.2) is 21.4 Å². The van der Waals surface area contributed by atoms with Gasteiger partial charge in [0.2, 0.25) is 5.91 Å². The van der Waals surface area contributed by atoms with Gasteiger partial charge in [0.15, 0.2) is 0 Å². The topological polar surface area (TPSA) is 107 Å². The smallest absolute Gasteiger partial charge is 0.267 e. The molecule has 0 saturated heterocycles. The van der Waals surface area contributed by atoms with Gasteiger partial charge < -0.3 is 11.1 Å². The van der Waals surface area contributed by atoms with Crippen LogP contribution < -0.4 is 16.6 Å². The van der Waals surface area contributed by atoms with Crippen LogP contribution in [0.4, 0.5) is 14.5 Å². The Morgan fingerprint density at radius 1 is 1.11 bits per heavy atom. The van der Waals surface area contributed by atoms with Crippen LogP contribution in [0.1, 0.15) is 10.4 Å². The number of nitrogens with two attached hydrogens (primary N) is 1. The van der Waals surface area contributed by atoms with Crippen molar-refractivity contribution in [2.45, 2.75) is 6.54 Å².